The van der Waals surface area contributed by atoms with Crippen molar-refractivity contribution in [2.24, 2.45) is 0 Å². The van der Waals surface area contributed by atoms with Gasteiger partial charge in [0.15, 0.2) is 6.61 Å². The lowest BCUT2D eigenvalue weighted by Gasteiger charge is -1.93. The fraction of sp³-hybridized carbons (Fsp3) is 0.167. The van der Waals surface area contributed by atoms with E-state index in [1.807, 2.05) is 0 Å². The van der Waals surface area contributed by atoms with Gasteiger partial charge in [-0.05, 0) is 0 Å². The molecule has 11 heavy (non-hydrogen) atoms. The van der Waals surface area contributed by atoms with Crippen LogP contribution in [0.15, 0.2) is 6.33 Å². The average Bonchev–Trinajstić information content (AvgIpc) is 2.52. The van der Waals surface area contributed by atoms with Gasteiger partial charge in [-0.15, -0.1) is 6.42 Å². The van der Waals surface area contributed by atoms with Crippen LogP contribution in [0.2, 0.25) is 0 Å². The number of rotatable bonds is 2. The van der Waals surface area contributed by atoms with Crippen molar-refractivity contribution in [1.29, 1.82) is 0 Å². The lowest BCUT2D eigenvalue weighted by Crippen LogP contribution is -2.07. The Labute approximate surface area is 62.8 Å². The molecule has 0 atom stereocenters. The van der Waals surface area contributed by atoms with Crippen LogP contribution >= 0.6 is 0 Å². The van der Waals surface area contributed by atoms with Gasteiger partial charge in [-0.3, -0.25) is 5.10 Å². The van der Waals surface area contributed by atoms with Crippen LogP contribution < -0.4 is 0 Å². The van der Waals surface area contributed by atoms with Crippen LogP contribution in [0.4, 0.5) is 0 Å². The molecule has 1 aromatic heterocycles. The van der Waals surface area contributed by atoms with E-state index in [2.05, 4.69) is 25.8 Å². The van der Waals surface area contributed by atoms with Crippen molar-refractivity contribution in [3.63, 3.8) is 0 Å². The van der Waals surface area contributed by atoms with E-state index in [4.69, 9.17) is 6.42 Å². The number of nitrogens with one attached hydrogen (secondary N) is 1. The number of aromatic amines is 1. The van der Waals surface area contributed by atoms with Crippen LogP contribution in [0.25, 0.3) is 0 Å². The fourth-order valence-electron chi connectivity index (χ4n) is 0.479. The molecule has 1 N–H and O–H groups in total. The molecule has 0 aliphatic carbocycles. The van der Waals surface area contributed by atoms with E-state index in [1.165, 1.54) is 6.33 Å². The van der Waals surface area contributed by atoms with E-state index in [1.54, 1.807) is 0 Å². The highest BCUT2D eigenvalue weighted by molar-refractivity contribution is 5.84. The third-order valence-corrected chi connectivity index (χ3v) is 0.895. The van der Waals surface area contributed by atoms with Gasteiger partial charge in [-0.1, -0.05) is 5.92 Å². The Morgan fingerprint density at radius 2 is 2.73 bits per heavy atom. The number of esters is 1. The molecule has 1 rings (SSSR count). The van der Waals surface area contributed by atoms with E-state index >= 15 is 0 Å². The molecule has 0 aliphatic heterocycles. The van der Waals surface area contributed by atoms with Gasteiger partial charge >= 0.3 is 5.97 Å². The molecule has 0 saturated carbocycles. The molecule has 0 aromatic carbocycles. The summed E-state index contributed by atoms with van der Waals surface area (Å²) in [5.74, 6) is 1.61. The minimum absolute atomic E-state index is 0.0558. The minimum Gasteiger partial charge on any atom is -0.447 e. The van der Waals surface area contributed by atoms with Crippen LogP contribution in [-0.2, 0) is 4.74 Å². The third-order valence-electron chi connectivity index (χ3n) is 0.895. The number of carbonyl (C=O) groups is 1. The first-order valence-electron chi connectivity index (χ1n) is 2.80. The summed E-state index contributed by atoms with van der Waals surface area (Å²) in [5.41, 5.74) is 0. The SMILES string of the molecule is C#CCOC(=O)c1ncn[nH]1. The number of aromatic nitrogens is 3. The monoisotopic (exact) mass is 151 g/mol. The zero-order chi connectivity index (χ0) is 8.10. The molecular formula is C6H5N3O2. The van der Waals surface area contributed by atoms with Gasteiger partial charge in [0.2, 0.25) is 5.82 Å². The lowest BCUT2D eigenvalue weighted by atomic mass is 10.6. The number of terminal acetylenes is 1. The normalized spacial score (nSPS) is 8.64. The number of carbonyl (C=O) groups excluding carboxylic acids is 1. The van der Waals surface area contributed by atoms with Crippen LogP contribution in [0.1, 0.15) is 10.6 Å². The van der Waals surface area contributed by atoms with Crippen molar-refractivity contribution in [2.75, 3.05) is 6.61 Å². The Morgan fingerprint density at radius 3 is 3.27 bits per heavy atom. The molecule has 1 aromatic rings. The molecule has 0 fully saturated rings. The second-order valence-electron chi connectivity index (χ2n) is 1.61. The summed E-state index contributed by atoms with van der Waals surface area (Å²) in [6, 6.07) is 0. The predicted octanol–water partition coefficient (Wildman–Crippen LogP) is -0.405. The maximum absolute atomic E-state index is 10.8. The van der Waals surface area contributed by atoms with Crippen molar-refractivity contribution in [1.82, 2.24) is 15.2 Å². The first-order chi connectivity index (χ1) is 5.34. The summed E-state index contributed by atoms with van der Waals surface area (Å²) in [7, 11) is 0. The maximum Gasteiger partial charge on any atom is 0.376 e. The first kappa shape index (κ1) is 7.28. The van der Waals surface area contributed by atoms with Gasteiger partial charge in [0.05, 0.1) is 0 Å². The van der Waals surface area contributed by atoms with E-state index in [9.17, 15) is 4.79 Å². The number of hydrogen-bond acceptors (Lipinski definition) is 4. The largest absolute Gasteiger partial charge is 0.447 e. The molecular weight excluding hydrogens is 146 g/mol. The Balaban J connectivity index is 2.51. The van der Waals surface area contributed by atoms with Crippen LogP contribution in [0.5, 0.6) is 0 Å². The summed E-state index contributed by atoms with van der Waals surface area (Å²) in [5, 5.41) is 5.80. The quantitative estimate of drug-likeness (QED) is 0.461. The zero-order valence-corrected chi connectivity index (χ0v) is 5.57. The molecule has 0 unspecified atom stereocenters. The number of nitrogens with zero attached hydrogens (tertiary/aromatic N) is 2. The zero-order valence-electron chi connectivity index (χ0n) is 5.57. The molecule has 0 radical (unpaired) electrons. The Morgan fingerprint density at radius 1 is 1.91 bits per heavy atom. The maximum atomic E-state index is 10.8. The van der Waals surface area contributed by atoms with Crippen molar-refractivity contribution >= 4 is 5.97 Å². The first-order valence-corrected chi connectivity index (χ1v) is 2.80. The van der Waals surface area contributed by atoms with E-state index in [-0.39, 0.29) is 12.4 Å². The molecule has 0 spiro atoms. The molecule has 5 heteroatoms. The van der Waals surface area contributed by atoms with Gasteiger partial charge in [-0.25, -0.2) is 9.78 Å². The van der Waals surface area contributed by atoms with Crippen molar-refractivity contribution in [3.8, 4) is 12.3 Å². The average molecular weight is 151 g/mol. The second kappa shape index (κ2) is 3.37. The fourth-order valence-corrected chi connectivity index (χ4v) is 0.479. The van der Waals surface area contributed by atoms with Crippen LogP contribution in [0.3, 0.4) is 0 Å². The Bertz CT molecular complexity index is 273. The topological polar surface area (TPSA) is 67.9 Å². The number of H-pyrrole nitrogens is 1. The number of ether oxygens (including phenoxy) is 1. The predicted molar refractivity (Wildman–Crippen MR) is 35.5 cm³/mol. The van der Waals surface area contributed by atoms with Gasteiger partial charge in [0.25, 0.3) is 0 Å². The van der Waals surface area contributed by atoms with Crippen molar-refractivity contribution < 1.29 is 9.53 Å². The van der Waals surface area contributed by atoms with Gasteiger partial charge in [0.1, 0.15) is 6.33 Å². The third kappa shape index (κ3) is 1.79. The second-order valence-corrected chi connectivity index (χ2v) is 1.61. The van der Waals surface area contributed by atoms with Crippen LogP contribution in [0, 0.1) is 12.3 Å². The highest BCUT2D eigenvalue weighted by Crippen LogP contribution is 1.89. The number of hydrogen-bond donors (Lipinski definition) is 1. The minimum atomic E-state index is -0.597. The summed E-state index contributed by atoms with van der Waals surface area (Å²) in [6.45, 7) is -0.0560. The van der Waals surface area contributed by atoms with E-state index < -0.39 is 5.97 Å². The molecule has 5 nitrogen and oxygen atoms in total. The summed E-state index contributed by atoms with van der Waals surface area (Å²) in [6.07, 6.45) is 6.07. The molecule has 1 heterocycles. The molecule has 0 bridgehead atoms. The van der Waals surface area contributed by atoms with Gasteiger partial charge in [0, 0.05) is 0 Å². The van der Waals surface area contributed by atoms with Gasteiger partial charge < -0.3 is 4.74 Å². The highest BCUT2D eigenvalue weighted by atomic mass is 16.5. The van der Waals surface area contributed by atoms with Gasteiger partial charge in [-0.2, -0.15) is 5.10 Å². The summed E-state index contributed by atoms with van der Waals surface area (Å²) in [4.78, 5) is 14.4. The lowest BCUT2D eigenvalue weighted by molar-refractivity contribution is 0.0543. The highest BCUT2D eigenvalue weighted by Gasteiger charge is 2.07. The molecule has 0 aliphatic rings. The van der Waals surface area contributed by atoms with Crippen molar-refractivity contribution in [3.05, 3.63) is 12.2 Å². The van der Waals surface area contributed by atoms with Crippen molar-refractivity contribution in [2.45, 2.75) is 0 Å². The standard InChI is InChI=1S/C6H5N3O2/c1-2-3-11-6(10)5-7-4-8-9-5/h1,4H,3H2,(H,7,8,9). The smallest absolute Gasteiger partial charge is 0.376 e. The Kier molecular flexibility index (Phi) is 2.23. The summed E-state index contributed by atoms with van der Waals surface area (Å²) < 4.78 is 4.53. The Hall–Kier alpha value is -1.83. The van der Waals surface area contributed by atoms with Crippen LogP contribution in [-0.4, -0.2) is 27.8 Å². The van der Waals surface area contributed by atoms with E-state index in [0.29, 0.717) is 0 Å². The molecule has 0 saturated heterocycles. The molecule has 56 valence electrons. The van der Waals surface area contributed by atoms with E-state index in [0.717, 1.165) is 0 Å². The summed E-state index contributed by atoms with van der Waals surface area (Å²) >= 11 is 0. The molecule has 0 amide bonds.